The van der Waals surface area contributed by atoms with E-state index in [9.17, 15) is 4.79 Å². The van der Waals surface area contributed by atoms with Crippen molar-refractivity contribution in [3.8, 4) is 0 Å². The van der Waals surface area contributed by atoms with Crippen LogP contribution in [-0.2, 0) is 0 Å². The van der Waals surface area contributed by atoms with Crippen molar-refractivity contribution in [3.05, 3.63) is 30.5 Å². The van der Waals surface area contributed by atoms with Crippen LogP contribution in [-0.4, -0.2) is 16.6 Å². The summed E-state index contributed by atoms with van der Waals surface area (Å²) >= 11 is 0. The van der Waals surface area contributed by atoms with Crippen molar-refractivity contribution in [2.75, 3.05) is 5.32 Å². The summed E-state index contributed by atoms with van der Waals surface area (Å²) in [6.07, 6.45) is 1.88. The van der Waals surface area contributed by atoms with Crippen LogP contribution in [0, 0.1) is 0 Å². The first-order valence-corrected chi connectivity index (χ1v) is 5.60. The van der Waals surface area contributed by atoms with Crippen LogP contribution in [0.1, 0.15) is 20.8 Å². The molecule has 0 saturated heterocycles. The molecule has 17 heavy (non-hydrogen) atoms. The maximum atomic E-state index is 11.7. The largest absolute Gasteiger partial charge is 0.361 e. The molecule has 0 bridgehead atoms. The lowest BCUT2D eigenvalue weighted by molar-refractivity contribution is 0.244. The summed E-state index contributed by atoms with van der Waals surface area (Å²) in [5, 5.41) is 6.79. The number of fused-ring (bicyclic) bond motifs is 1. The highest BCUT2D eigenvalue weighted by molar-refractivity contribution is 5.92. The zero-order valence-electron chi connectivity index (χ0n) is 10.3. The van der Waals surface area contributed by atoms with Gasteiger partial charge >= 0.3 is 6.03 Å². The Labute approximate surface area is 100 Å². The smallest absolute Gasteiger partial charge is 0.319 e. The summed E-state index contributed by atoms with van der Waals surface area (Å²) in [6.45, 7) is 5.84. The third-order valence-electron chi connectivity index (χ3n) is 2.30. The van der Waals surface area contributed by atoms with E-state index in [1.807, 2.05) is 51.2 Å². The van der Waals surface area contributed by atoms with Gasteiger partial charge in [-0.3, -0.25) is 0 Å². The number of amides is 2. The van der Waals surface area contributed by atoms with Gasteiger partial charge in [-0.25, -0.2) is 4.79 Å². The summed E-state index contributed by atoms with van der Waals surface area (Å²) in [5.41, 5.74) is 1.56. The van der Waals surface area contributed by atoms with Crippen molar-refractivity contribution in [2.24, 2.45) is 0 Å². The first kappa shape index (κ1) is 11.5. The average Bonchev–Trinajstić information content (AvgIpc) is 2.61. The number of benzene rings is 1. The molecule has 4 nitrogen and oxygen atoms in total. The second-order valence-corrected chi connectivity index (χ2v) is 5.11. The first-order valence-electron chi connectivity index (χ1n) is 5.60. The zero-order chi connectivity index (χ0) is 12.5. The molecule has 0 atom stereocenters. The number of hydrogen-bond acceptors (Lipinski definition) is 1. The summed E-state index contributed by atoms with van der Waals surface area (Å²) in [6, 6.07) is 7.58. The number of aromatic nitrogens is 1. The minimum absolute atomic E-state index is 0.191. The standard InChI is InChI=1S/C13H17N3O/c1-13(2,3)16-12(17)15-10-5-4-9-6-7-14-11(9)8-10/h4-8,14H,1-3H3,(H2,15,16,17). The Morgan fingerprint density at radius 3 is 2.71 bits per heavy atom. The molecule has 1 aromatic carbocycles. The number of H-pyrrole nitrogens is 1. The van der Waals surface area contributed by atoms with Gasteiger partial charge < -0.3 is 15.6 Å². The van der Waals surface area contributed by atoms with Gasteiger partial charge in [0, 0.05) is 22.9 Å². The van der Waals surface area contributed by atoms with E-state index in [1.54, 1.807) is 0 Å². The number of rotatable bonds is 1. The number of nitrogens with one attached hydrogen (secondary N) is 3. The van der Waals surface area contributed by atoms with E-state index in [0.29, 0.717) is 0 Å². The fourth-order valence-electron chi connectivity index (χ4n) is 1.63. The lowest BCUT2D eigenvalue weighted by Crippen LogP contribution is -2.43. The summed E-state index contributed by atoms with van der Waals surface area (Å²) in [7, 11) is 0. The number of urea groups is 1. The Hall–Kier alpha value is -1.97. The van der Waals surface area contributed by atoms with Gasteiger partial charge in [-0.1, -0.05) is 6.07 Å². The highest BCUT2D eigenvalue weighted by Gasteiger charge is 2.13. The summed E-state index contributed by atoms with van der Waals surface area (Å²) in [5.74, 6) is 0. The van der Waals surface area contributed by atoms with E-state index >= 15 is 0 Å². The Bertz CT molecular complexity index is 537. The molecule has 1 heterocycles. The molecule has 0 aliphatic rings. The van der Waals surface area contributed by atoms with Crippen LogP contribution >= 0.6 is 0 Å². The fourth-order valence-corrected chi connectivity index (χ4v) is 1.63. The molecule has 1 aromatic heterocycles. The molecule has 0 aliphatic carbocycles. The van der Waals surface area contributed by atoms with Crippen LogP contribution in [0.4, 0.5) is 10.5 Å². The average molecular weight is 231 g/mol. The van der Waals surface area contributed by atoms with Gasteiger partial charge in [0.1, 0.15) is 0 Å². The van der Waals surface area contributed by atoms with Crippen LogP contribution in [0.2, 0.25) is 0 Å². The van der Waals surface area contributed by atoms with Crippen LogP contribution < -0.4 is 10.6 Å². The molecule has 0 radical (unpaired) electrons. The van der Waals surface area contributed by atoms with Crippen molar-refractivity contribution in [3.63, 3.8) is 0 Å². The van der Waals surface area contributed by atoms with E-state index in [-0.39, 0.29) is 11.6 Å². The highest BCUT2D eigenvalue weighted by atomic mass is 16.2. The Kier molecular flexibility index (Phi) is 2.79. The number of carbonyl (C=O) groups excluding carboxylic acids is 1. The Balaban J connectivity index is 2.10. The van der Waals surface area contributed by atoms with Crippen LogP contribution in [0.5, 0.6) is 0 Å². The lowest BCUT2D eigenvalue weighted by Gasteiger charge is -2.20. The number of carbonyl (C=O) groups is 1. The second kappa shape index (κ2) is 4.13. The molecule has 0 spiro atoms. The second-order valence-electron chi connectivity index (χ2n) is 5.11. The quantitative estimate of drug-likeness (QED) is 0.694. The molecule has 3 N–H and O–H groups in total. The number of hydrogen-bond donors (Lipinski definition) is 3. The van der Waals surface area contributed by atoms with Crippen LogP contribution in [0.25, 0.3) is 10.9 Å². The van der Waals surface area contributed by atoms with Crippen molar-refractivity contribution in [2.45, 2.75) is 26.3 Å². The van der Waals surface area contributed by atoms with Gasteiger partial charge in [-0.15, -0.1) is 0 Å². The number of aromatic amines is 1. The topological polar surface area (TPSA) is 56.9 Å². The lowest BCUT2D eigenvalue weighted by atomic mass is 10.1. The summed E-state index contributed by atoms with van der Waals surface area (Å²) in [4.78, 5) is 14.8. The minimum atomic E-state index is -0.235. The normalized spacial score (nSPS) is 11.5. The van der Waals surface area contributed by atoms with Crippen LogP contribution in [0.15, 0.2) is 30.5 Å². The van der Waals surface area contributed by atoms with E-state index in [1.165, 1.54) is 0 Å². The predicted octanol–water partition coefficient (Wildman–Crippen LogP) is 3.09. The predicted molar refractivity (Wildman–Crippen MR) is 70.2 cm³/mol. The Morgan fingerprint density at radius 1 is 1.24 bits per heavy atom. The molecular weight excluding hydrogens is 214 g/mol. The zero-order valence-corrected chi connectivity index (χ0v) is 10.3. The molecule has 2 rings (SSSR count). The third-order valence-corrected chi connectivity index (χ3v) is 2.30. The minimum Gasteiger partial charge on any atom is -0.361 e. The maximum Gasteiger partial charge on any atom is 0.319 e. The molecule has 4 heteroatoms. The molecule has 0 saturated carbocycles. The fraction of sp³-hybridized carbons (Fsp3) is 0.308. The van der Waals surface area contributed by atoms with Gasteiger partial charge in [0.2, 0.25) is 0 Å². The Morgan fingerprint density at radius 2 is 2.00 bits per heavy atom. The van der Waals surface area contributed by atoms with Gasteiger partial charge in [0.25, 0.3) is 0 Å². The van der Waals surface area contributed by atoms with E-state index in [0.717, 1.165) is 16.6 Å². The summed E-state index contributed by atoms with van der Waals surface area (Å²) < 4.78 is 0. The van der Waals surface area contributed by atoms with Gasteiger partial charge in [0.05, 0.1) is 0 Å². The molecule has 0 fully saturated rings. The first-order chi connectivity index (χ1) is 7.94. The molecule has 90 valence electrons. The van der Waals surface area contributed by atoms with Crippen molar-refractivity contribution in [1.29, 1.82) is 0 Å². The SMILES string of the molecule is CC(C)(C)NC(=O)Nc1ccc2cc[nH]c2c1. The van der Waals surface area contributed by atoms with Crippen molar-refractivity contribution < 1.29 is 4.79 Å². The van der Waals surface area contributed by atoms with Gasteiger partial charge in [-0.05, 0) is 44.4 Å². The van der Waals surface area contributed by atoms with E-state index in [2.05, 4.69) is 15.6 Å². The van der Waals surface area contributed by atoms with E-state index in [4.69, 9.17) is 0 Å². The third kappa shape index (κ3) is 3.00. The maximum absolute atomic E-state index is 11.7. The highest BCUT2D eigenvalue weighted by Crippen LogP contribution is 2.17. The molecule has 0 unspecified atom stereocenters. The molecular formula is C13H17N3O. The van der Waals surface area contributed by atoms with Gasteiger partial charge in [0.15, 0.2) is 0 Å². The van der Waals surface area contributed by atoms with Crippen LogP contribution in [0.3, 0.4) is 0 Å². The molecule has 0 aliphatic heterocycles. The van der Waals surface area contributed by atoms with Crippen molar-refractivity contribution in [1.82, 2.24) is 10.3 Å². The number of anilines is 1. The van der Waals surface area contributed by atoms with E-state index < -0.39 is 0 Å². The van der Waals surface area contributed by atoms with Gasteiger partial charge in [-0.2, -0.15) is 0 Å². The molecule has 2 aromatic rings. The molecule has 2 amide bonds. The monoisotopic (exact) mass is 231 g/mol. The van der Waals surface area contributed by atoms with Crippen molar-refractivity contribution >= 4 is 22.6 Å².